The molecule has 0 unspecified atom stereocenters. The molecule has 0 atom stereocenters. The van der Waals surface area contributed by atoms with Gasteiger partial charge in [-0.1, -0.05) is 27.2 Å². The number of unbranched alkanes of at least 4 members (excludes halogenated alkanes) is 4. The summed E-state index contributed by atoms with van der Waals surface area (Å²) in [6, 6.07) is 0. The summed E-state index contributed by atoms with van der Waals surface area (Å²) in [7, 11) is 0. The van der Waals surface area contributed by atoms with Crippen molar-refractivity contribution < 1.29 is 24.2 Å². The number of esters is 2. The number of carbonyl (C=O) groups excluding carboxylic acids is 2. The van der Waals surface area contributed by atoms with Gasteiger partial charge in [-0.3, -0.25) is 9.59 Å². The van der Waals surface area contributed by atoms with Crippen LogP contribution in [0.2, 0.25) is 0 Å². The van der Waals surface area contributed by atoms with Crippen LogP contribution in [0, 0.1) is 5.41 Å². The van der Waals surface area contributed by atoms with Gasteiger partial charge in [0.2, 0.25) is 0 Å². The Hall–Kier alpha value is -1.10. The molecular formula is C17H32O5. The fraction of sp³-hybridized carbons (Fsp3) is 0.882. The summed E-state index contributed by atoms with van der Waals surface area (Å²) in [4.78, 5) is 22.9. The summed E-state index contributed by atoms with van der Waals surface area (Å²) in [5, 5.41) is 8.63. The Balaban J connectivity index is 3.43. The molecule has 22 heavy (non-hydrogen) atoms. The van der Waals surface area contributed by atoms with E-state index in [-0.39, 0.29) is 24.0 Å². The van der Waals surface area contributed by atoms with Crippen molar-refractivity contribution in [2.45, 2.75) is 72.1 Å². The summed E-state index contributed by atoms with van der Waals surface area (Å²) in [5.74, 6) is -0.405. The van der Waals surface area contributed by atoms with Gasteiger partial charge in [0.05, 0.1) is 13.2 Å². The second-order valence-electron chi connectivity index (χ2n) is 6.79. The molecule has 0 heterocycles. The Labute approximate surface area is 134 Å². The summed E-state index contributed by atoms with van der Waals surface area (Å²) in [6.45, 7) is 7.13. The van der Waals surface area contributed by atoms with Gasteiger partial charge in [-0.2, -0.15) is 0 Å². The van der Waals surface area contributed by atoms with E-state index < -0.39 is 0 Å². The second kappa shape index (κ2) is 12.4. The first-order valence-electron chi connectivity index (χ1n) is 8.27. The minimum atomic E-state index is -0.204. The highest BCUT2D eigenvalue weighted by Gasteiger charge is 2.13. The number of rotatable bonds is 12. The van der Waals surface area contributed by atoms with Gasteiger partial charge in [0.1, 0.15) is 0 Å². The SMILES string of the molecule is CC(C)(C)COC(=O)CCCCC(=O)OCCCCCCO. The Morgan fingerprint density at radius 2 is 1.36 bits per heavy atom. The van der Waals surface area contributed by atoms with Crippen molar-refractivity contribution >= 4 is 11.9 Å². The minimum absolute atomic E-state index is 0.0172. The maximum absolute atomic E-state index is 11.5. The highest BCUT2D eigenvalue weighted by Crippen LogP contribution is 2.13. The quantitative estimate of drug-likeness (QED) is 0.442. The van der Waals surface area contributed by atoms with E-state index in [1.54, 1.807) is 0 Å². The first-order chi connectivity index (χ1) is 10.3. The maximum atomic E-state index is 11.5. The van der Waals surface area contributed by atoms with E-state index in [1.807, 2.05) is 20.8 Å². The molecule has 0 rings (SSSR count). The summed E-state index contributed by atoms with van der Waals surface area (Å²) >= 11 is 0. The summed E-state index contributed by atoms with van der Waals surface area (Å²) < 4.78 is 10.3. The summed E-state index contributed by atoms with van der Waals surface area (Å²) in [5.41, 5.74) is -0.0172. The molecule has 0 aromatic rings. The van der Waals surface area contributed by atoms with Gasteiger partial charge in [-0.25, -0.2) is 0 Å². The Bertz CT molecular complexity index is 307. The largest absolute Gasteiger partial charge is 0.466 e. The van der Waals surface area contributed by atoms with Crippen molar-refractivity contribution in [3.05, 3.63) is 0 Å². The molecule has 130 valence electrons. The van der Waals surface area contributed by atoms with Gasteiger partial charge in [0.15, 0.2) is 0 Å². The van der Waals surface area contributed by atoms with Gasteiger partial charge in [-0.15, -0.1) is 0 Å². The number of aliphatic hydroxyl groups excluding tert-OH is 1. The maximum Gasteiger partial charge on any atom is 0.305 e. The first-order valence-corrected chi connectivity index (χ1v) is 8.27. The molecular weight excluding hydrogens is 284 g/mol. The highest BCUT2D eigenvalue weighted by molar-refractivity contribution is 5.70. The van der Waals surface area contributed by atoms with Gasteiger partial charge in [0, 0.05) is 19.4 Å². The average Bonchev–Trinajstić information content (AvgIpc) is 2.44. The van der Waals surface area contributed by atoms with Gasteiger partial charge in [-0.05, 0) is 37.5 Å². The number of carbonyl (C=O) groups is 2. The summed E-state index contributed by atoms with van der Waals surface area (Å²) in [6.07, 6.45) is 5.57. The number of ether oxygens (including phenoxy) is 2. The van der Waals surface area contributed by atoms with Gasteiger partial charge in [0.25, 0.3) is 0 Å². The molecule has 0 bridgehead atoms. The van der Waals surface area contributed by atoms with Crippen molar-refractivity contribution in [3.8, 4) is 0 Å². The third kappa shape index (κ3) is 15.3. The van der Waals surface area contributed by atoms with Crippen LogP contribution in [0.5, 0.6) is 0 Å². The molecule has 0 radical (unpaired) electrons. The topological polar surface area (TPSA) is 72.8 Å². The molecule has 5 heteroatoms. The van der Waals surface area contributed by atoms with Crippen LogP contribution in [0.25, 0.3) is 0 Å². The van der Waals surface area contributed by atoms with Crippen molar-refractivity contribution in [2.75, 3.05) is 19.8 Å². The van der Waals surface area contributed by atoms with Gasteiger partial charge < -0.3 is 14.6 Å². The van der Waals surface area contributed by atoms with Crippen molar-refractivity contribution in [2.24, 2.45) is 5.41 Å². The normalized spacial score (nSPS) is 11.3. The first kappa shape index (κ1) is 20.9. The molecule has 0 fully saturated rings. The molecule has 0 saturated carbocycles. The molecule has 0 aliphatic carbocycles. The van der Waals surface area contributed by atoms with Crippen LogP contribution < -0.4 is 0 Å². The van der Waals surface area contributed by atoms with Crippen molar-refractivity contribution in [1.29, 1.82) is 0 Å². The third-order valence-electron chi connectivity index (χ3n) is 2.99. The average molecular weight is 316 g/mol. The van der Waals surface area contributed by atoms with Crippen LogP contribution >= 0.6 is 0 Å². The lowest BCUT2D eigenvalue weighted by molar-refractivity contribution is -0.147. The van der Waals surface area contributed by atoms with E-state index >= 15 is 0 Å². The van der Waals surface area contributed by atoms with Crippen LogP contribution in [0.1, 0.15) is 72.1 Å². The number of hydrogen-bond acceptors (Lipinski definition) is 5. The van der Waals surface area contributed by atoms with Gasteiger partial charge >= 0.3 is 11.9 Å². The minimum Gasteiger partial charge on any atom is -0.466 e. The molecule has 0 aliphatic heterocycles. The van der Waals surface area contributed by atoms with Crippen LogP contribution in [-0.4, -0.2) is 36.9 Å². The molecule has 0 aliphatic rings. The lowest BCUT2D eigenvalue weighted by atomic mass is 9.99. The van der Waals surface area contributed by atoms with E-state index in [2.05, 4.69) is 0 Å². The van der Waals surface area contributed by atoms with E-state index in [4.69, 9.17) is 14.6 Å². The zero-order chi connectivity index (χ0) is 16.8. The molecule has 5 nitrogen and oxygen atoms in total. The van der Waals surface area contributed by atoms with E-state index in [1.165, 1.54) is 0 Å². The fourth-order valence-electron chi connectivity index (χ4n) is 1.73. The third-order valence-corrected chi connectivity index (χ3v) is 2.99. The van der Waals surface area contributed by atoms with E-state index in [0.717, 1.165) is 25.7 Å². The second-order valence-corrected chi connectivity index (χ2v) is 6.79. The smallest absolute Gasteiger partial charge is 0.305 e. The van der Waals surface area contributed by atoms with E-state index in [9.17, 15) is 9.59 Å². The number of hydrogen-bond donors (Lipinski definition) is 1. The Kier molecular flexibility index (Phi) is 11.8. The highest BCUT2D eigenvalue weighted by atomic mass is 16.5. The van der Waals surface area contributed by atoms with E-state index in [0.29, 0.717) is 38.9 Å². The van der Waals surface area contributed by atoms with Crippen LogP contribution in [0.15, 0.2) is 0 Å². The zero-order valence-electron chi connectivity index (χ0n) is 14.4. The van der Waals surface area contributed by atoms with Crippen molar-refractivity contribution in [1.82, 2.24) is 0 Å². The predicted molar refractivity (Wildman–Crippen MR) is 85.4 cm³/mol. The standard InChI is InChI=1S/C17H32O5/c1-17(2,3)14-22-16(20)11-7-6-10-15(19)21-13-9-5-4-8-12-18/h18H,4-14H2,1-3H3. The van der Waals surface area contributed by atoms with Crippen molar-refractivity contribution in [3.63, 3.8) is 0 Å². The van der Waals surface area contributed by atoms with Crippen LogP contribution in [0.4, 0.5) is 0 Å². The van der Waals surface area contributed by atoms with Crippen LogP contribution in [0.3, 0.4) is 0 Å². The Morgan fingerprint density at radius 3 is 1.91 bits per heavy atom. The predicted octanol–water partition coefficient (Wildman–Crippen LogP) is 3.23. The fourth-order valence-corrected chi connectivity index (χ4v) is 1.73. The lowest BCUT2D eigenvalue weighted by Crippen LogP contribution is -2.18. The number of aliphatic hydroxyl groups is 1. The molecule has 0 saturated heterocycles. The molecule has 0 aromatic heterocycles. The lowest BCUT2D eigenvalue weighted by Gasteiger charge is -2.17. The molecule has 0 aromatic carbocycles. The molecule has 0 amide bonds. The monoisotopic (exact) mass is 316 g/mol. The van der Waals surface area contributed by atoms with Crippen LogP contribution in [-0.2, 0) is 19.1 Å². The Morgan fingerprint density at radius 1 is 0.818 bits per heavy atom. The molecule has 1 N–H and O–H groups in total. The molecule has 0 spiro atoms. The zero-order valence-corrected chi connectivity index (χ0v) is 14.4.